The second kappa shape index (κ2) is 16.2. The number of benzene rings is 8. The Morgan fingerprint density at radius 1 is 0.547 bits per heavy atom. The zero-order valence-corrected chi connectivity index (χ0v) is 35.4. The molecule has 1 unspecified atom stereocenters. The predicted molar refractivity (Wildman–Crippen MR) is 267 cm³/mol. The summed E-state index contributed by atoms with van der Waals surface area (Å²) in [5, 5.41) is 15.8. The molecular weight excluding hydrogens is 785 g/mol. The summed E-state index contributed by atoms with van der Waals surface area (Å²) in [5.74, 6) is 0.479. The van der Waals surface area contributed by atoms with Crippen LogP contribution in [0.1, 0.15) is 42.0 Å². The molecule has 0 radical (unpaired) electrons. The molecule has 306 valence electrons. The highest BCUT2D eigenvalue weighted by Crippen LogP contribution is 2.46. The third-order valence-electron chi connectivity index (χ3n) is 12.2. The largest absolute Gasteiger partial charge is 0.456 e. The zero-order chi connectivity index (χ0) is 43.1. The van der Waals surface area contributed by atoms with Gasteiger partial charge in [-0.3, -0.25) is 5.41 Å². The molecule has 0 aliphatic rings. The fraction of sp³-hybridized carbons (Fsp3) is 0.0517. The normalized spacial score (nSPS) is 13.5. The molecule has 6 nitrogen and oxygen atoms in total. The van der Waals surface area contributed by atoms with E-state index in [1.54, 1.807) is 6.21 Å². The van der Waals surface area contributed by atoms with Crippen molar-refractivity contribution in [3.8, 4) is 0 Å². The summed E-state index contributed by atoms with van der Waals surface area (Å²) in [7, 11) is 0. The van der Waals surface area contributed by atoms with Gasteiger partial charge in [-0.05, 0) is 71.7 Å². The van der Waals surface area contributed by atoms with E-state index >= 15 is 0 Å². The summed E-state index contributed by atoms with van der Waals surface area (Å²) < 4.78 is 15.8. The summed E-state index contributed by atoms with van der Waals surface area (Å²) in [4.78, 5) is 9.74. The average molecular weight is 827 g/mol. The van der Waals surface area contributed by atoms with Crippen molar-refractivity contribution >= 4 is 94.8 Å². The monoisotopic (exact) mass is 826 g/mol. The first-order valence-corrected chi connectivity index (χ1v) is 21.6. The van der Waals surface area contributed by atoms with E-state index in [1.165, 1.54) is 0 Å². The minimum absolute atomic E-state index is 0.101. The van der Waals surface area contributed by atoms with Crippen molar-refractivity contribution in [2.75, 3.05) is 0 Å². The van der Waals surface area contributed by atoms with Gasteiger partial charge < -0.3 is 13.4 Å². The minimum Gasteiger partial charge on any atom is -0.456 e. The zero-order valence-electron chi connectivity index (χ0n) is 35.4. The van der Waals surface area contributed by atoms with Crippen LogP contribution in [-0.4, -0.2) is 22.5 Å². The standard InChI is InChI=1S/C58H42N4O2/c1-37(57(59)61-58(42-25-13-6-14-26-42)60-36-39-19-7-3-8-20-39)35-47(41-23-11-5-12-24-41)54(38(2)40-21-9-4-10-22-40)62-48-29-17-15-27-45(48)52-49(62)33-31-43-44-32-34-51-53(56(44)64-55(43)52)46-28-16-18-30-50(46)63-51/h3-36,38,59H,1-2H3/b37-35+,54-47-,59-57?,60-36?,61-58?. The number of fused-ring (bicyclic) bond motifs is 11. The van der Waals surface area contributed by atoms with Crippen molar-refractivity contribution < 1.29 is 8.83 Å². The predicted octanol–water partition coefficient (Wildman–Crippen LogP) is 15.3. The number of hydrogen-bond acceptors (Lipinski definition) is 3. The van der Waals surface area contributed by atoms with Crippen LogP contribution < -0.4 is 0 Å². The molecular formula is C58H42N4O2. The topological polar surface area (TPSA) is 79.8 Å². The van der Waals surface area contributed by atoms with E-state index in [4.69, 9.17) is 18.8 Å². The summed E-state index contributed by atoms with van der Waals surface area (Å²) in [6.07, 6.45) is 3.93. The van der Waals surface area contributed by atoms with Gasteiger partial charge in [-0.15, -0.1) is 0 Å². The molecule has 64 heavy (non-hydrogen) atoms. The van der Waals surface area contributed by atoms with Crippen molar-refractivity contribution in [2.24, 2.45) is 9.98 Å². The van der Waals surface area contributed by atoms with Crippen LogP contribution in [0.25, 0.3) is 77.0 Å². The SMILES string of the molecule is C/C(=C\C(=C(/C(C)c1ccccc1)n1c2ccccc2c2c3oc4c(ccc5oc6ccccc6c54)c3ccc21)c1ccccc1)C(=N)N=C(N=Cc1ccccc1)c1ccccc1. The van der Waals surface area contributed by atoms with E-state index in [0.29, 0.717) is 11.4 Å². The number of rotatable bonds is 8. The molecule has 8 aromatic carbocycles. The lowest BCUT2D eigenvalue weighted by molar-refractivity contribution is 0.664. The molecule has 0 fully saturated rings. The Morgan fingerprint density at radius 2 is 1.14 bits per heavy atom. The molecule has 11 rings (SSSR count). The number of furan rings is 2. The van der Waals surface area contributed by atoms with Crippen LogP contribution in [0.4, 0.5) is 0 Å². The van der Waals surface area contributed by atoms with Crippen LogP contribution >= 0.6 is 0 Å². The molecule has 0 bridgehead atoms. The highest BCUT2D eigenvalue weighted by molar-refractivity contribution is 6.28. The van der Waals surface area contributed by atoms with Gasteiger partial charge in [-0.1, -0.05) is 165 Å². The molecule has 0 saturated heterocycles. The summed E-state index contributed by atoms with van der Waals surface area (Å²) >= 11 is 0. The van der Waals surface area contributed by atoms with E-state index in [0.717, 1.165) is 99.2 Å². The minimum atomic E-state index is -0.101. The number of aromatic nitrogens is 1. The van der Waals surface area contributed by atoms with Crippen LogP contribution in [-0.2, 0) is 0 Å². The van der Waals surface area contributed by atoms with Crippen molar-refractivity contribution in [3.05, 3.63) is 228 Å². The second-order valence-electron chi connectivity index (χ2n) is 16.1. The van der Waals surface area contributed by atoms with Gasteiger partial charge in [0, 0.05) is 50.5 Å². The van der Waals surface area contributed by atoms with E-state index in [2.05, 4.69) is 127 Å². The molecule has 0 aliphatic carbocycles. The van der Waals surface area contributed by atoms with Crippen molar-refractivity contribution in [3.63, 3.8) is 0 Å². The average Bonchev–Trinajstić information content (AvgIpc) is 4.03. The van der Waals surface area contributed by atoms with Crippen LogP contribution in [0.5, 0.6) is 0 Å². The molecule has 3 aromatic heterocycles. The van der Waals surface area contributed by atoms with Gasteiger partial charge in [0.1, 0.15) is 28.2 Å². The van der Waals surface area contributed by atoms with Crippen LogP contribution in [0.15, 0.2) is 225 Å². The summed E-state index contributed by atoms with van der Waals surface area (Å²) in [5.41, 5.74) is 12.1. The highest BCUT2D eigenvalue weighted by atomic mass is 16.3. The molecule has 0 saturated carbocycles. The third-order valence-corrected chi connectivity index (χ3v) is 12.2. The molecule has 6 heteroatoms. The maximum absolute atomic E-state index is 9.52. The van der Waals surface area contributed by atoms with Crippen molar-refractivity contribution in [1.82, 2.24) is 4.57 Å². The van der Waals surface area contributed by atoms with E-state index in [1.807, 2.05) is 91.9 Å². The molecule has 1 N–H and O–H groups in total. The fourth-order valence-electron chi connectivity index (χ4n) is 9.09. The summed E-state index contributed by atoms with van der Waals surface area (Å²) in [6, 6.07) is 66.3. The number of nitrogens with zero attached hydrogens (tertiary/aromatic N) is 3. The first-order valence-electron chi connectivity index (χ1n) is 21.6. The maximum atomic E-state index is 9.52. The number of amidine groups is 2. The van der Waals surface area contributed by atoms with E-state index < -0.39 is 0 Å². The highest BCUT2D eigenvalue weighted by Gasteiger charge is 2.26. The number of para-hydroxylation sites is 2. The van der Waals surface area contributed by atoms with Crippen LogP contribution in [0, 0.1) is 5.41 Å². The Morgan fingerprint density at radius 3 is 1.88 bits per heavy atom. The first kappa shape index (κ1) is 38.6. The molecule has 11 aromatic rings. The van der Waals surface area contributed by atoms with Crippen LogP contribution in [0.3, 0.4) is 0 Å². The lowest BCUT2D eigenvalue weighted by Crippen LogP contribution is -2.09. The number of allylic oxidation sites excluding steroid dienone is 3. The van der Waals surface area contributed by atoms with Gasteiger partial charge in [0.25, 0.3) is 0 Å². The Hall–Kier alpha value is -8.35. The third kappa shape index (κ3) is 6.73. The van der Waals surface area contributed by atoms with E-state index in [9.17, 15) is 5.41 Å². The van der Waals surface area contributed by atoms with Crippen molar-refractivity contribution in [1.29, 1.82) is 5.41 Å². The number of aliphatic imine (C=N–C) groups is 2. The van der Waals surface area contributed by atoms with Crippen molar-refractivity contribution in [2.45, 2.75) is 19.8 Å². The lowest BCUT2D eigenvalue weighted by Gasteiger charge is -2.24. The van der Waals surface area contributed by atoms with Gasteiger partial charge >= 0.3 is 0 Å². The molecule has 3 heterocycles. The molecule has 1 atom stereocenters. The second-order valence-corrected chi connectivity index (χ2v) is 16.1. The Kier molecular flexibility index (Phi) is 9.74. The van der Waals surface area contributed by atoms with Crippen LogP contribution in [0.2, 0.25) is 0 Å². The van der Waals surface area contributed by atoms with E-state index in [-0.39, 0.29) is 11.8 Å². The Labute approximate surface area is 370 Å². The number of hydrogen-bond donors (Lipinski definition) is 1. The van der Waals surface area contributed by atoms with Gasteiger partial charge in [-0.25, -0.2) is 9.98 Å². The number of nitrogens with one attached hydrogen (secondary N) is 1. The quantitative estimate of drug-likeness (QED) is 0.0940. The maximum Gasteiger partial charge on any atom is 0.161 e. The Bertz CT molecular complexity index is 3680. The Balaban J connectivity index is 1.18. The van der Waals surface area contributed by atoms with Gasteiger partial charge in [0.05, 0.1) is 21.8 Å². The smallest absolute Gasteiger partial charge is 0.161 e. The van der Waals surface area contributed by atoms with Gasteiger partial charge in [-0.2, -0.15) is 0 Å². The first-order chi connectivity index (χ1) is 31.5. The molecule has 0 spiro atoms. The molecule has 0 aliphatic heterocycles. The van der Waals surface area contributed by atoms with Gasteiger partial charge in [0.15, 0.2) is 5.84 Å². The fourth-order valence-corrected chi connectivity index (χ4v) is 9.09. The lowest BCUT2D eigenvalue weighted by atomic mass is 9.90. The summed E-state index contributed by atoms with van der Waals surface area (Å²) in [6.45, 7) is 4.24. The molecule has 0 amide bonds. The van der Waals surface area contributed by atoms with Gasteiger partial charge in [0.2, 0.25) is 0 Å².